The Morgan fingerprint density at radius 3 is 2.50 bits per heavy atom. The molecule has 5 heteroatoms. The van der Waals surface area contributed by atoms with Crippen molar-refractivity contribution in [3.63, 3.8) is 0 Å². The van der Waals surface area contributed by atoms with E-state index in [0.29, 0.717) is 18.5 Å². The highest BCUT2D eigenvalue weighted by atomic mass is 16.2. The van der Waals surface area contributed by atoms with Gasteiger partial charge in [-0.2, -0.15) is 0 Å². The Bertz CT molecular complexity index is 741. The molecule has 0 aliphatic carbocycles. The van der Waals surface area contributed by atoms with Crippen molar-refractivity contribution in [2.75, 3.05) is 7.05 Å². The number of hydrogen-bond donors (Lipinski definition) is 3. The maximum Gasteiger partial charge on any atom is 0.251 e. The van der Waals surface area contributed by atoms with E-state index in [4.69, 9.17) is 0 Å². The molecule has 1 unspecified atom stereocenters. The number of carbonyl (C=O) groups excluding carboxylic acids is 2. The molecule has 1 aliphatic heterocycles. The van der Waals surface area contributed by atoms with Crippen LogP contribution in [0, 0.1) is 0 Å². The average molecular weight is 323 g/mol. The van der Waals surface area contributed by atoms with Gasteiger partial charge in [-0.05, 0) is 35.2 Å². The maximum absolute atomic E-state index is 12.4. The molecule has 24 heavy (non-hydrogen) atoms. The summed E-state index contributed by atoms with van der Waals surface area (Å²) in [5.41, 5.74) is 4.06. The van der Waals surface area contributed by atoms with Crippen LogP contribution in [0.2, 0.25) is 0 Å². The lowest BCUT2D eigenvalue weighted by molar-refractivity contribution is -0.123. The van der Waals surface area contributed by atoms with E-state index in [0.717, 1.165) is 12.1 Å². The minimum absolute atomic E-state index is 0.000110. The first-order valence-corrected chi connectivity index (χ1v) is 8.06. The number of benzene rings is 2. The predicted octanol–water partition coefficient (Wildman–Crippen LogP) is 1.38. The third-order valence-corrected chi connectivity index (χ3v) is 4.31. The van der Waals surface area contributed by atoms with Crippen LogP contribution in [-0.4, -0.2) is 24.9 Å². The van der Waals surface area contributed by atoms with Crippen LogP contribution in [0.1, 0.15) is 27.0 Å². The topological polar surface area (TPSA) is 70.2 Å². The highest BCUT2D eigenvalue weighted by molar-refractivity contribution is 5.93. The Morgan fingerprint density at radius 1 is 1.08 bits per heavy atom. The van der Waals surface area contributed by atoms with Crippen LogP contribution >= 0.6 is 0 Å². The van der Waals surface area contributed by atoms with Crippen molar-refractivity contribution in [3.05, 3.63) is 70.8 Å². The van der Waals surface area contributed by atoms with E-state index in [1.165, 1.54) is 11.1 Å². The molecule has 1 heterocycles. The summed E-state index contributed by atoms with van der Waals surface area (Å²) in [6, 6.07) is 15.2. The summed E-state index contributed by atoms with van der Waals surface area (Å²) in [6.07, 6.45) is 0.706. The summed E-state index contributed by atoms with van der Waals surface area (Å²) in [5, 5.41) is 8.82. The van der Waals surface area contributed by atoms with Gasteiger partial charge < -0.3 is 16.0 Å². The van der Waals surface area contributed by atoms with Gasteiger partial charge in [-0.25, -0.2) is 0 Å². The SMILES string of the molecule is CNC(=O)c1ccc(CNC(=O)C2Cc3ccccc3CN2)cc1. The summed E-state index contributed by atoms with van der Waals surface area (Å²) < 4.78 is 0. The molecular weight excluding hydrogens is 302 g/mol. The summed E-state index contributed by atoms with van der Waals surface area (Å²) >= 11 is 0. The van der Waals surface area contributed by atoms with Crippen molar-refractivity contribution in [1.82, 2.24) is 16.0 Å². The van der Waals surface area contributed by atoms with Crippen molar-refractivity contribution in [2.45, 2.75) is 25.6 Å². The zero-order chi connectivity index (χ0) is 16.9. The second-order valence-corrected chi connectivity index (χ2v) is 5.90. The average Bonchev–Trinajstić information content (AvgIpc) is 2.65. The Kier molecular flexibility index (Phi) is 4.91. The lowest BCUT2D eigenvalue weighted by Gasteiger charge is -2.25. The van der Waals surface area contributed by atoms with E-state index < -0.39 is 0 Å². The lowest BCUT2D eigenvalue weighted by atomic mass is 9.95. The van der Waals surface area contributed by atoms with Gasteiger partial charge in [0.25, 0.3) is 5.91 Å². The monoisotopic (exact) mass is 323 g/mol. The Balaban J connectivity index is 1.55. The molecule has 3 rings (SSSR count). The molecule has 0 radical (unpaired) electrons. The first kappa shape index (κ1) is 16.2. The Labute approximate surface area is 141 Å². The van der Waals surface area contributed by atoms with E-state index in [1.54, 1.807) is 19.2 Å². The zero-order valence-electron chi connectivity index (χ0n) is 13.6. The van der Waals surface area contributed by atoms with Crippen LogP contribution in [0.4, 0.5) is 0 Å². The van der Waals surface area contributed by atoms with Gasteiger partial charge in [-0.15, -0.1) is 0 Å². The van der Waals surface area contributed by atoms with Crippen LogP contribution in [0.15, 0.2) is 48.5 Å². The second kappa shape index (κ2) is 7.27. The molecule has 5 nitrogen and oxygen atoms in total. The maximum atomic E-state index is 12.4. The summed E-state index contributed by atoms with van der Waals surface area (Å²) in [4.78, 5) is 23.9. The van der Waals surface area contributed by atoms with Crippen molar-refractivity contribution < 1.29 is 9.59 Å². The van der Waals surface area contributed by atoms with Gasteiger partial charge in [0.2, 0.25) is 5.91 Å². The Morgan fingerprint density at radius 2 is 1.79 bits per heavy atom. The molecule has 0 bridgehead atoms. The van der Waals surface area contributed by atoms with Gasteiger partial charge in [0.05, 0.1) is 6.04 Å². The zero-order valence-corrected chi connectivity index (χ0v) is 13.6. The molecule has 0 saturated heterocycles. The molecule has 2 aromatic carbocycles. The first-order chi connectivity index (χ1) is 11.7. The van der Waals surface area contributed by atoms with E-state index in [9.17, 15) is 9.59 Å². The molecule has 1 aliphatic rings. The molecule has 0 saturated carbocycles. The van der Waals surface area contributed by atoms with Gasteiger partial charge in [-0.3, -0.25) is 9.59 Å². The molecule has 0 spiro atoms. The largest absolute Gasteiger partial charge is 0.355 e. The van der Waals surface area contributed by atoms with Crippen LogP contribution in [0.5, 0.6) is 0 Å². The quantitative estimate of drug-likeness (QED) is 0.796. The number of amides is 2. The van der Waals surface area contributed by atoms with Crippen molar-refractivity contribution in [2.24, 2.45) is 0 Å². The number of carbonyl (C=O) groups is 2. The first-order valence-electron chi connectivity index (χ1n) is 8.06. The normalized spacial score (nSPS) is 16.1. The molecule has 3 N–H and O–H groups in total. The van der Waals surface area contributed by atoms with E-state index >= 15 is 0 Å². The highest BCUT2D eigenvalue weighted by Gasteiger charge is 2.23. The summed E-state index contributed by atoms with van der Waals surface area (Å²) in [5.74, 6) is -0.115. The minimum Gasteiger partial charge on any atom is -0.355 e. The third-order valence-electron chi connectivity index (χ3n) is 4.31. The molecular formula is C19H21N3O2. The van der Waals surface area contributed by atoms with Gasteiger partial charge in [0.1, 0.15) is 0 Å². The standard InChI is InChI=1S/C19H21N3O2/c1-20-18(23)14-8-6-13(7-9-14)11-22-19(24)17-10-15-4-2-3-5-16(15)12-21-17/h2-9,17,21H,10-12H2,1H3,(H,20,23)(H,22,24). The van der Waals surface area contributed by atoms with Crippen molar-refractivity contribution in [3.8, 4) is 0 Å². The smallest absolute Gasteiger partial charge is 0.251 e. The predicted molar refractivity (Wildman–Crippen MR) is 92.5 cm³/mol. The summed E-state index contributed by atoms with van der Waals surface area (Å²) in [7, 11) is 1.60. The van der Waals surface area contributed by atoms with E-state index in [1.807, 2.05) is 24.3 Å². The summed E-state index contributed by atoms with van der Waals surface area (Å²) in [6.45, 7) is 1.17. The molecule has 2 aromatic rings. The van der Waals surface area contributed by atoms with Gasteiger partial charge in [-0.1, -0.05) is 36.4 Å². The molecule has 0 aromatic heterocycles. The number of hydrogen-bond acceptors (Lipinski definition) is 3. The van der Waals surface area contributed by atoms with Gasteiger partial charge in [0, 0.05) is 25.7 Å². The van der Waals surface area contributed by atoms with E-state index in [2.05, 4.69) is 28.1 Å². The van der Waals surface area contributed by atoms with Crippen LogP contribution in [0.3, 0.4) is 0 Å². The molecule has 1 atom stereocenters. The fourth-order valence-electron chi connectivity index (χ4n) is 2.87. The fraction of sp³-hybridized carbons (Fsp3) is 0.263. The second-order valence-electron chi connectivity index (χ2n) is 5.90. The van der Waals surface area contributed by atoms with E-state index in [-0.39, 0.29) is 17.9 Å². The lowest BCUT2D eigenvalue weighted by Crippen LogP contribution is -2.47. The Hall–Kier alpha value is -2.66. The van der Waals surface area contributed by atoms with Gasteiger partial charge in [0.15, 0.2) is 0 Å². The van der Waals surface area contributed by atoms with Crippen molar-refractivity contribution >= 4 is 11.8 Å². The number of rotatable bonds is 4. The highest BCUT2D eigenvalue weighted by Crippen LogP contribution is 2.16. The molecule has 0 fully saturated rings. The van der Waals surface area contributed by atoms with Crippen LogP contribution in [0.25, 0.3) is 0 Å². The number of nitrogens with one attached hydrogen (secondary N) is 3. The fourth-order valence-corrected chi connectivity index (χ4v) is 2.87. The van der Waals surface area contributed by atoms with Gasteiger partial charge >= 0.3 is 0 Å². The number of fused-ring (bicyclic) bond motifs is 1. The molecule has 2 amide bonds. The molecule has 124 valence electrons. The van der Waals surface area contributed by atoms with Crippen LogP contribution in [-0.2, 0) is 24.3 Å². The minimum atomic E-state index is -0.204. The van der Waals surface area contributed by atoms with Crippen molar-refractivity contribution in [1.29, 1.82) is 0 Å². The van der Waals surface area contributed by atoms with Crippen LogP contribution < -0.4 is 16.0 Å². The third kappa shape index (κ3) is 3.63.